The van der Waals surface area contributed by atoms with Crippen molar-refractivity contribution in [2.45, 2.75) is 50.6 Å². The lowest BCUT2D eigenvalue weighted by molar-refractivity contribution is -0.137. The molecular formula is C33H34F3N5O2. The molecule has 3 aromatic rings. The van der Waals surface area contributed by atoms with Crippen LogP contribution in [0.5, 0.6) is 5.75 Å². The van der Waals surface area contributed by atoms with E-state index in [-0.39, 0.29) is 18.1 Å². The van der Waals surface area contributed by atoms with Crippen LogP contribution in [0.3, 0.4) is 0 Å². The number of halogens is 3. The van der Waals surface area contributed by atoms with E-state index in [0.717, 1.165) is 55.9 Å². The molecule has 0 radical (unpaired) electrons. The van der Waals surface area contributed by atoms with Crippen LogP contribution in [-0.4, -0.2) is 59.0 Å². The van der Waals surface area contributed by atoms with Gasteiger partial charge in [0.2, 0.25) is 0 Å². The van der Waals surface area contributed by atoms with Gasteiger partial charge >= 0.3 is 6.18 Å². The van der Waals surface area contributed by atoms with Gasteiger partial charge in [-0.1, -0.05) is 18.7 Å². The van der Waals surface area contributed by atoms with E-state index in [1.165, 1.54) is 17.7 Å². The molecule has 2 aromatic carbocycles. The highest BCUT2D eigenvalue weighted by molar-refractivity contribution is 5.92. The number of hydrogen-bond acceptors (Lipinski definition) is 6. The van der Waals surface area contributed by atoms with Gasteiger partial charge in [-0.3, -0.25) is 14.7 Å². The summed E-state index contributed by atoms with van der Waals surface area (Å²) in [6, 6.07) is 18.2. The zero-order chi connectivity index (χ0) is 30.4. The first-order chi connectivity index (χ1) is 20.7. The summed E-state index contributed by atoms with van der Waals surface area (Å²) in [5, 5.41) is 12.1. The SMILES string of the molecule is C=C(c1ccc(C(=O)NC2CCN(Cc3ccc(C#N)cc3)CC2)nc1)N1CCC(Oc2ccc(C(F)(F)F)cc2)CC1. The van der Waals surface area contributed by atoms with Gasteiger partial charge in [-0.05, 0) is 66.9 Å². The fraction of sp³-hybridized carbons (Fsp3) is 0.364. The molecule has 0 aliphatic carbocycles. The maximum Gasteiger partial charge on any atom is 0.416 e. The van der Waals surface area contributed by atoms with Gasteiger partial charge in [0.25, 0.3) is 5.91 Å². The summed E-state index contributed by atoms with van der Waals surface area (Å²) in [7, 11) is 0. The van der Waals surface area contributed by atoms with Gasteiger partial charge in [-0.15, -0.1) is 0 Å². The van der Waals surface area contributed by atoms with Crippen molar-refractivity contribution in [1.82, 2.24) is 20.1 Å². The lowest BCUT2D eigenvalue weighted by Gasteiger charge is -2.35. The quantitative estimate of drug-likeness (QED) is 0.354. The minimum Gasteiger partial charge on any atom is -0.490 e. The Morgan fingerprint density at radius 1 is 0.977 bits per heavy atom. The molecule has 3 heterocycles. The smallest absolute Gasteiger partial charge is 0.416 e. The van der Waals surface area contributed by atoms with Crippen molar-refractivity contribution in [1.29, 1.82) is 5.26 Å². The molecule has 0 atom stereocenters. The van der Waals surface area contributed by atoms with Crippen LogP contribution >= 0.6 is 0 Å². The van der Waals surface area contributed by atoms with Gasteiger partial charge in [0.15, 0.2) is 0 Å². The number of ether oxygens (including phenoxy) is 1. The summed E-state index contributed by atoms with van der Waals surface area (Å²) in [5.41, 5.74) is 3.13. The van der Waals surface area contributed by atoms with Crippen LogP contribution < -0.4 is 10.1 Å². The Hall–Kier alpha value is -4.36. The van der Waals surface area contributed by atoms with E-state index in [1.54, 1.807) is 12.3 Å². The first-order valence-corrected chi connectivity index (χ1v) is 14.4. The first-order valence-electron chi connectivity index (χ1n) is 14.4. The van der Waals surface area contributed by atoms with E-state index in [2.05, 4.69) is 32.7 Å². The van der Waals surface area contributed by atoms with Crippen molar-refractivity contribution in [3.8, 4) is 11.8 Å². The van der Waals surface area contributed by atoms with Gasteiger partial charge < -0.3 is 15.0 Å². The number of alkyl halides is 3. The van der Waals surface area contributed by atoms with E-state index in [4.69, 9.17) is 10.00 Å². The molecule has 1 amide bonds. The highest BCUT2D eigenvalue weighted by Gasteiger charge is 2.30. The Morgan fingerprint density at radius 3 is 2.23 bits per heavy atom. The molecule has 0 spiro atoms. The number of carbonyl (C=O) groups is 1. The summed E-state index contributed by atoms with van der Waals surface area (Å²) < 4.78 is 44.3. The van der Waals surface area contributed by atoms with E-state index in [1.807, 2.05) is 30.3 Å². The molecule has 1 aromatic heterocycles. The second kappa shape index (κ2) is 13.3. The van der Waals surface area contributed by atoms with Crippen molar-refractivity contribution in [2.24, 2.45) is 0 Å². The Balaban J connectivity index is 1.04. The zero-order valence-corrected chi connectivity index (χ0v) is 23.8. The van der Waals surface area contributed by atoms with Gasteiger partial charge in [-0.2, -0.15) is 18.4 Å². The van der Waals surface area contributed by atoms with Crippen LogP contribution in [0, 0.1) is 11.3 Å². The number of rotatable bonds is 8. The topological polar surface area (TPSA) is 81.5 Å². The molecule has 224 valence electrons. The standard InChI is InChI=1S/C33H34F3N5O2/c1-23(41-18-14-30(15-19-41)43-29-9-7-27(8-10-29)33(34,35)36)26-6-11-31(38-21-26)32(42)39-28-12-16-40(17-13-28)22-25-4-2-24(20-37)3-5-25/h2-11,21,28,30H,1,12-19,22H2,(H,39,42). The molecular weight excluding hydrogens is 555 g/mol. The van der Waals surface area contributed by atoms with Crippen LogP contribution in [0.15, 0.2) is 73.4 Å². The van der Waals surface area contributed by atoms with Crippen LogP contribution in [0.4, 0.5) is 13.2 Å². The third kappa shape index (κ3) is 7.93. The molecule has 10 heteroatoms. The van der Waals surface area contributed by atoms with E-state index < -0.39 is 11.7 Å². The predicted molar refractivity (Wildman–Crippen MR) is 157 cm³/mol. The van der Waals surface area contributed by atoms with Crippen molar-refractivity contribution in [2.75, 3.05) is 26.2 Å². The predicted octanol–water partition coefficient (Wildman–Crippen LogP) is 5.88. The van der Waals surface area contributed by atoms with E-state index in [9.17, 15) is 18.0 Å². The molecule has 2 fully saturated rings. The number of amides is 1. The summed E-state index contributed by atoms with van der Waals surface area (Å²) in [6.07, 6.45) is 0.343. The van der Waals surface area contributed by atoms with Crippen molar-refractivity contribution >= 4 is 11.6 Å². The molecule has 2 aliphatic heterocycles. The molecule has 1 N–H and O–H groups in total. The normalized spacial score (nSPS) is 16.8. The van der Waals surface area contributed by atoms with Crippen LogP contribution in [-0.2, 0) is 12.7 Å². The van der Waals surface area contributed by atoms with Crippen LogP contribution in [0.1, 0.15) is 58.4 Å². The summed E-state index contributed by atoms with van der Waals surface area (Å²) in [4.78, 5) is 21.8. The minimum atomic E-state index is -4.37. The molecule has 43 heavy (non-hydrogen) atoms. The third-order valence-corrected chi connectivity index (χ3v) is 8.05. The van der Waals surface area contributed by atoms with Gasteiger partial charge in [-0.25, -0.2) is 0 Å². The van der Waals surface area contributed by atoms with Crippen molar-refractivity contribution < 1.29 is 22.7 Å². The molecule has 5 rings (SSSR count). The molecule has 7 nitrogen and oxygen atoms in total. The summed E-state index contributed by atoms with van der Waals surface area (Å²) >= 11 is 0. The molecule has 0 bridgehead atoms. The third-order valence-electron chi connectivity index (χ3n) is 8.05. The van der Waals surface area contributed by atoms with Crippen molar-refractivity contribution in [3.63, 3.8) is 0 Å². The molecule has 2 saturated heterocycles. The number of carbonyl (C=O) groups excluding carboxylic acids is 1. The van der Waals surface area contributed by atoms with Gasteiger partial charge in [0.1, 0.15) is 17.5 Å². The fourth-order valence-corrected chi connectivity index (χ4v) is 5.48. The number of piperidine rings is 2. The number of likely N-dealkylation sites (tertiary alicyclic amines) is 2. The Labute approximate surface area is 249 Å². The Morgan fingerprint density at radius 2 is 1.65 bits per heavy atom. The number of nitriles is 1. The lowest BCUT2D eigenvalue weighted by atomic mass is 10.0. The average Bonchev–Trinajstić information content (AvgIpc) is 3.02. The summed E-state index contributed by atoms with van der Waals surface area (Å²) in [5.74, 6) is 0.237. The molecule has 0 saturated carbocycles. The second-order valence-corrected chi connectivity index (χ2v) is 11.0. The number of nitrogens with one attached hydrogen (secondary N) is 1. The molecule has 0 unspecified atom stereocenters. The minimum absolute atomic E-state index is 0.0900. The van der Waals surface area contributed by atoms with Gasteiger partial charge in [0.05, 0.1) is 17.2 Å². The maximum atomic E-state index is 12.9. The summed E-state index contributed by atoms with van der Waals surface area (Å²) in [6.45, 7) is 8.18. The largest absolute Gasteiger partial charge is 0.490 e. The average molecular weight is 590 g/mol. The van der Waals surface area contributed by atoms with Crippen LogP contribution in [0.2, 0.25) is 0 Å². The lowest BCUT2D eigenvalue weighted by Crippen LogP contribution is -2.44. The number of benzene rings is 2. The number of hydrogen-bond donors (Lipinski definition) is 1. The van der Waals surface area contributed by atoms with Gasteiger partial charge in [0, 0.05) is 69.1 Å². The molecule has 2 aliphatic rings. The zero-order valence-electron chi connectivity index (χ0n) is 23.8. The second-order valence-electron chi connectivity index (χ2n) is 11.0. The number of nitrogens with zero attached hydrogens (tertiary/aromatic N) is 4. The fourth-order valence-electron chi connectivity index (χ4n) is 5.48. The van der Waals surface area contributed by atoms with E-state index in [0.29, 0.717) is 42.9 Å². The number of aromatic nitrogens is 1. The maximum absolute atomic E-state index is 12.9. The Kier molecular flexibility index (Phi) is 9.31. The Bertz CT molecular complexity index is 1430. The monoisotopic (exact) mass is 589 g/mol. The highest BCUT2D eigenvalue weighted by Crippen LogP contribution is 2.31. The highest BCUT2D eigenvalue weighted by atomic mass is 19.4. The number of pyridine rings is 1. The van der Waals surface area contributed by atoms with E-state index >= 15 is 0 Å². The van der Waals surface area contributed by atoms with Crippen molar-refractivity contribution in [3.05, 3.63) is 101 Å². The first kappa shape index (κ1) is 30.1. The van der Waals surface area contributed by atoms with Crippen LogP contribution in [0.25, 0.3) is 5.70 Å².